The van der Waals surface area contributed by atoms with Gasteiger partial charge >= 0.3 is 18.0 Å². The molecule has 0 saturated carbocycles. The number of para-hydroxylation sites is 1. The fourth-order valence-electron chi connectivity index (χ4n) is 7.39. The Morgan fingerprint density at radius 2 is 1.54 bits per heavy atom. The summed E-state index contributed by atoms with van der Waals surface area (Å²) in [7, 11) is 0.856. The maximum atomic E-state index is 13.6. The van der Waals surface area contributed by atoms with Gasteiger partial charge in [-0.25, -0.2) is 9.59 Å². The van der Waals surface area contributed by atoms with Crippen LogP contribution in [-0.2, 0) is 57.8 Å². The van der Waals surface area contributed by atoms with Crippen molar-refractivity contribution in [3.05, 3.63) is 118 Å². The van der Waals surface area contributed by atoms with Gasteiger partial charge in [-0.3, -0.25) is 28.9 Å². The van der Waals surface area contributed by atoms with Crippen molar-refractivity contribution in [2.24, 2.45) is 0 Å². The summed E-state index contributed by atoms with van der Waals surface area (Å²) in [5.41, 5.74) is 4.37. The van der Waals surface area contributed by atoms with E-state index in [1.807, 2.05) is 48.5 Å². The lowest BCUT2D eigenvalue weighted by molar-refractivity contribution is -0.271. The predicted molar refractivity (Wildman–Crippen MR) is 254 cm³/mol. The second-order valence-corrected chi connectivity index (χ2v) is 16.7. The fraction of sp³-hybridized carbons (Fsp3) is 0.340. The van der Waals surface area contributed by atoms with Crippen LogP contribution in [0.15, 0.2) is 84.9 Å². The molecule has 2 aliphatic rings. The maximum Gasteiger partial charge on any atom is 0.416 e. The van der Waals surface area contributed by atoms with E-state index in [9.17, 15) is 54.0 Å². The molecule has 1 saturated heterocycles. The van der Waals surface area contributed by atoms with Gasteiger partial charge in [0.25, 0.3) is 0 Å². The molecule has 20 heteroatoms. The molecule has 0 aliphatic carbocycles. The number of anilines is 2. The van der Waals surface area contributed by atoms with Crippen LogP contribution in [0.5, 0.6) is 11.5 Å². The average Bonchev–Trinajstić information content (AvgIpc) is 3.33. The quantitative estimate of drug-likeness (QED) is 0.0259. The maximum absolute atomic E-state index is 13.6. The number of fused-ring (bicyclic) bond motifs is 2. The molecular formula is C50H53N4O15P. The number of benzene rings is 4. The highest BCUT2D eigenvalue weighted by Crippen LogP contribution is 2.37. The standard InChI is InChI=1S/C50H53N4O15P/c1-29-23-35(67-42(59)24-30-15-17-31(18-16-30)27-66-50(65)53(2)41(58)28-70)25-36(46(29)68-49-45(62)43(60)44(61)47(69-49)48(63)64)52-39(56)21-22-51-38(55)13-7-8-14-40(57)54-26-34-11-4-3-9-32(34)19-20-33-10-5-6-12-37(33)54/h3-6,9-12,15-18,23,25,43-45,47,49,60-62H,7-8,13-14,21-22,24,26-28,70H2,1-2H3,(H,51,55)(H,52,56)(H,63,64)/i70D. The number of nitrogens with zero attached hydrogens (tertiary/aromatic N) is 2. The lowest BCUT2D eigenvalue weighted by Gasteiger charge is -2.38. The Balaban J connectivity index is 1.04. The molecule has 0 radical (unpaired) electrons. The number of ether oxygens (including phenoxy) is 4. The van der Waals surface area contributed by atoms with Gasteiger partial charge in [0.1, 0.15) is 36.4 Å². The molecule has 70 heavy (non-hydrogen) atoms. The molecule has 2 heterocycles. The molecule has 0 bridgehead atoms. The number of carboxylic acid groups (broad SMARTS) is 1. The first-order valence-corrected chi connectivity index (χ1v) is 22.9. The zero-order valence-corrected chi connectivity index (χ0v) is 39.2. The van der Waals surface area contributed by atoms with E-state index in [1.54, 1.807) is 29.2 Å². The normalized spacial score (nSPS) is 18.3. The Bertz CT molecular complexity index is 2690. The van der Waals surface area contributed by atoms with Crippen molar-refractivity contribution in [1.82, 2.24) is 10.2 Å². The van der Waals surface area contributed by atoms with Gasteiger partial charge in [0.15, 0.2) is 6.10 Å². The average molecular weight is 982 g/mol. The van der Waals surface area contributed by atoms with Gasteiger partial charge in [0, 0.05) is 56.2 Å². The highest BCUT2D eigenvalue weighted by atomic mass is 31.0. The van der Waals surface area contributed by atoms with Crippen LogP contribution in [0.1, 0.15) is 65.5 Å². The van der Waals surface area contributed by atoms with Crippen molar-refractivity contribution >= 4 is 62.2 Å². The van der Waals surface area contributed by atoms with Gasteiger partial charge in [-0.2, -0.15) is 0 Å². The molecule has 6 rings (SSSR count). The number of carbonyl (C=O) groups is 7. The Labute approximate surface area is 406 Å². The zero-order chi connectivity index (χ0) is 51.2. The number of carbonyl (C=O) groups excluding carboxylic acids is 6. The van der Waals surface area contributed by atoms with Crippen molar-refractivity contribution in [3.63, 3.8) is 0 Å². The van der Waals surface area contributed by atoms with E-state index in [0.29, 0.717) is 36.2 Å². The smallest absolute Gasteiger partial charge is 0.416 e. The first-order valence-electron chi connectivity index (χ1n) is 22.7. The summed E-state index contributed by atoms with van der Waals surface area (Å²) in [5, 5.41) is 46.1. The first kappa shape index (κ1) is 50.7. The third kappa shape index (κ3) is 13.7. The SMILES string of the molecule is [2H]PCC(=O)N(C)C(=O)OCc1ccc(CC(=O)Oc2cc(C)c(OC3OC(C(=O)O)C(O)C(O)C3O)c(NC(=O)CCNC(=O)CCCCC(=O)N3Cc4ccccc4C#Cc4ccccc43)c2)cc1. The van der Waals surface area contributed by atoms with E-state index < -0.39 is 69.7 Å². The van der Waals surface area contributed by atoms with E-state index in [-0.39, 0.29) is 79.6 Å². The molecule has 2 aliphatic heterocycles. The van der Waals surface area contributed by atoms with E-state index in [4.69, 9.17) is 20.2 Å². The molecule has 0 aromatic heterocycles. The summed E-state index contributed by atoms with van der Waals surface area (Å²) < 4.78 is 29.1. The first-order chi connectivity index (χ1) is 34.0. The second kappa shape index (κ2) is 24.4. The number of aryl methyl sites for hydroxylation is 1. The van der Waals surface area contributed by atoms with Crippen LogP contribution >= 0.6 is 9.18 Å². The summed E-state index contributed by atoms with van der Waals surface area (Å²) in [5.74, 6) is 2.10. The predicted octanol–water partition coefficient (Wildman–Crippen LogP) is 3.34. The number of hydrogen-bond donors (Lipinski definition) is 6. The van der Waals surface area contributed by atoms with Crippen molar-refractivity contribution < 1.29 is 72.9 Å². The highest BCUT2D eigenvalue weighted by molar-refractivity contribution is 7.18. The van der Waals surface area contributed by atoms with E-state index in [0.717, 1.165) is 21.6 Å². The number of nitrogens with one attached hydrogen (secondary N) is 2. The molecule has 4 aromatic rings. The highest BCUT2D eigenvalue weighted by Gasteiger charge is 2.48. The summed E-state index contributed by atoms with van der Waals surface area (Å²) in [6, 6.07) is 24.1. The van der Waals surface area contributed by atoms with E-state index in [2.05, 4.69) is 22.5 Å². The fourth-order valence-corrected chi connectivity index (χ4v) is 7.62. The van der Waals surface area contributed by atoms with Crippen LogP contribution in [0.4, 0.5) is 16.2 Å². The number of esters is 1. The number of unbranched alkanes of at least 4 members (excludes halogenated alkanes) is 1. The molecule has 6 atom stereocenters. The topological polar surface area (TPSA) is 268 Å². The Hall–Kier alpha value is -7.20. The number of amides is 5. The second-order valence-electron chi connectivity index (χ2n) is 16.4. The van der Waals surface area contributed by atoms with Crippen molar-refractivity contribution in [3.8, 4) is 23.3 Å². The van der Waals surface area contributed by atoms with Gasteiger partial charge in [0.2, 0.25) is 29.9 Å². The van der Waals surface area contributed by atoms with Crippen LogP contribution in [0, 0.1) is 18.8 Å². The van der Waals surface area contributed by atoms with Gasteiger partial charge < -0.3 is 54.9 Å². The largest absolute Gasteiger partial charge is 0.479 e. The van der Waals surface area contributed by atoms with Gasteiger partial charge in [-0.15, -0.1) is 9.18 Å². The Morgan fingerprint density at radius 1 is 0.857 bits per heavy atom. The van der Waals surface area contributed by atoms with Crippen LogP contribution in [0.2, 0.25) is 0 Å². The number of aliphatic carboxylic acids is 1. The molecule has 4 aromatic carbocycles. The minimum atomic E-state index is -2.00. The molecule has 19 nitrogen and oxygen atoms in total. The molecule has 0 spiro atoms. The van der Waals surface area contributed by atoms with Gasteiger partial charge in [0.05, 0.1) is 25.6 Å². The molecule has 5 amide bonds. The number of imide groups is 1. The van der Waals surface area contributed by atoms with Crippen LogP contribution in [0.25, 0.3) is 0 Å². The van der Waals surface area contributed by atoms with Crippen LogP contribution in [-0.4, -0.2) is 119 Å². The Kier molecular flexibility index (Phi) is 17.6. The molecule has 368 valence electrons. The number of carboxylic acids is 1. The third-order valence-corrected chi connectivity index (χ3v) is 11.5. The molecule has 1 fully saturated rings. The minimum Gasteiger partial charge on any atom is -0.479 e. The van der Waals surface area contributed by atoms with Crippen molar-refractivity contribution in [2.75, 3.05) is 30.0 Å². The summed E-state index contributed by atoms with van der Waals surface area (Å²) in [6.07, 6.45) is -10.1. The lowest BCUT2D eigenvalue weighted by Crippen LogP contribution is -2.61. The molecular weight excluding hydrogens is 928 g/mol. The molecule has 6 N–H and O–H groups in total. The Morgan fingerprint density at radius 3 is 2.29 bits per heavy atom. The summed E-state index contributed by atoms with van der Waals surface area (Å²) >= 11 is 0. The van der Waals surface area contributed by atoms with Gasteiger partial charge in [-0.1, -0.05) is 66.4 Å². The number of hydrogen-bond acceptors (Lipinski definition) is 14. The molecule has 6 unspecified atom stereocenters. The number of aliphatic hydroxyl groups excluding tert-OH is 3. The zero-order valence-electron chi connectivity index (χ0n) is 39.2. The van der Waals surface area contributed by atoms with Crippen LogP contribution < -0.4 is 25.0 Å². The van der Waals surface area contributed by atoms with Crippen LogP contribution in [0.3, 0.4) is 0 Å². The number of rotatable bonds is 19. The number of aliphatic hydroxyl groups is 3. The van der Waals surface area contributed by atoms with Crippen molar-refractivity contribution in [2.45, 2.75) is 89.3 Å². The minimum absolute atomic E-state index is 0.0619. The lowest BCUT2D eigenvalue weighted by atomic mass is 9.99. The van der Waals surface area contributed by atoms with E-state index in [1.165, 1.54) is 26.1 Å². The summed E-state index contributed by atoms with van der Waals surface area (Å²) in [6.45, 7) is 1.58. The van der Waals surface area contributed by atoms with E-state index >= 15 is 0 Å². The third-order valence-electron chi connectivity index (χ3n) is 11.2. The monoisotopic (exact) mass is 981 g/mol. The van der Waals surface area contributed by atoms with Gasteiger partial charge in [-0.05, 0) is 66.3 Å². The summed E-state index contributed by atoms with van der Waals surface area (Å²) in [4.78, 5) is 91.3. The van der Waals surface area contributed by atoms with Crippen molar-refractivity contribution in [1.29, 1.82) is 1.28 Å².